The molecule has 0 spiro atoms. The van der Waals surface area contributed by atoms with Crippen LogP contribution >= 0.6 is 11.6 Å². The van der Waals surface area contributed by atoms with Gasteiger partial charge in [0.25, 0.3) is 5.91 Å². The Kier molecular flexibility index (Phi) is 5.17. The zero-order valence-corrected chi connectivity index (χ0v) is 12.3. The minimum Gasteiger partial charge on any atom is -0.484 e. The van der Waals surface area contributed by atoms with Gasteiger partial charge in [-0.1, -0.05) is 36.7 Å². The Balaban J connectivity index is 1.94. The number of hydrogen-bond donors (Lipinski definition) is 1. The van der Waals surface area contributed by atoms with Gasteiger partial charge in [-0.05, 0) is 30.2 Å². The van der Waals surface area contributed by atoms with Crippen LogP contribution in [0.1, 0.15) is 12.5 Å². The van der Waals surface area contributed by atoms with Crippen LogP contribution in [0.5, 0.6) is 5.75 Å². The SMILES string of the molecule is CCc1ccccc1NC(=O)COc1ccc(F)c(Cl)c1. The lowest BCUT2D eigenvalue weighted by Gasteiger charge is -2.10. The van der Waals surface area contributed by atoms with Gasteiger partial charge in [0.2, 0.25) is 0 Å². The van der Waals surface area contributed by atoms with Crippen LogP contribution in [0.25, 0.3) is 0 Å². The van der Waals surface area contributed by atoms with Crippen LogP contribution < -0.4 is 10.1 Å². The van der Waals surface area contributed by atoms with Crippen LogP contribution in [0.3, 0.4) is 0 Å². The second-order valence-corrected chi connectivity index (χ2v) is 4.83. The molecule has 3 nitrogen and oxygen atoms in total. The van der Waals surface area contributed by atoms with E-state index in [9.17, 15) is 9.18 Å². The van der Waals surface area contributed by atoms with Crippen molar-refractivity contribution in [3.05, 3.63) is 58.9 Å². The van der Waals surface area contributed by atoms with Gasteiger partial charge in [-0.25, -0.2) is 4.39 Å². The van der Waals surface area contributed by atoms with Gasteiger partial charge in [0.1, 0.15) is 11.6 Å². The molecule has 0 aromatic heterocycles. The van der Waals surface area contributed by atoms with E-state index >= 15 is 0 Å². The number of amides is 1. The topological polar surface area (TPSA) is 38.3 Å². The predicted molar refractivity (Wildman–Crippen MR) is 81.4 cm³/mol. The number of para-hydroxylation sites is 1. The molecule has 2 aromatic rings. The number of benzene rings is 2. The Morgan fingerprint density at radius 3 is 2.76 bits per heavy atom. The Bertz CT molecular complexity index is 646. The van der Waals surface area contributed by atoms with Crippen molar-refractivity contribution in [3.8, 4) is 5.75 Å². The molecule has 0 atom stereocenters. The van der Waals surface area contributed by atoms with E-state index in [1.165, 1.54) is 18.2 Å². The molecule has 0 aliphatic carbocycles. The molecule has 0 unspecified atom stereocenters. The molecule has 2 aromatic carbocycles. The van der Waals surface area contributed by atoms with Gasteiger partial charge < -0.3 is 10.1 Å². The number of hydrogen-bond acceptors (Lipinski definition) is 2. The third-order valence-electron chi connectivity index (χ3n) is 2.93. The standard InChI is InChI=1S/C16H15ClFNO2/c1-2-11-5-3-4-6-15(11)19-16(20)10-21-12-7-8-14(18)13(17)9-12/h3-9H,2,10H2,1H3,(H,19,20). The van der Waals surface area contributed by atoms with E-state index in [0.29, 0.717) is 5.75 Å². The van der Waals surface area contributed by atoms with Crippen molar-refractivity contribution in [1.82, 2.24) is 0 Å². The molecule has 0 fully saturated rings. The molecular formula is C16H15ClFNO2. The number of carbonyl (C=O) groups is 1. The van der Waals surface area contributed by atoms with E-state index in [1.807, 2.05) is 31.2 Å². The number of aryl methyl sites for hydroxylation is 1. The summed E-state index contributed by atoms with van der Waals surface area (Å²) in [5, 5.41) is 2.75. The fourth-order valence-corrected chi connectivity index (χ4v) is 2.02. The molecule has 0 aliphatic rings. The van der Waals surface area contributed by atoms with Gasteiger partial charge in [-0.15, -0.1) is 0 Å². The van der Waals surface area contributed by atoms with Crippen LogP contribution in [0, 0.1) is 5.82 Å². The van der Waals surface area contributed by atoms with E-state index < -0.39 is 5.82 Å². The predicted octanol–water partition coefficient (Wildman–Crippen LogP) is 4.06. The highest BCUT2D eigenvalue weighted by Crippen LogP contribution is 2.21. The van der Waals surface area contributed by atoms with Gasteiger partial charge in [0.05, 0.1) is 5.02 Å². The first-order chi connectivity index (χ1) is 10.1. The molecule has 0 saturated heterocycles. The molecule has 0 bridgehead atoms. The van der Waals surface area contributed by atoms with Gasteiger partial charge in [0, 0.05) is 11.8 Å². The Morgan fingerprint density at radius 2 is 2.05 bits per heavy atom. The van der Waals surface area contributed by atoms with Crippen molar-refractivity contribution in [1.29, 1.82) is 0 Å². The summed E-state index contributed by atoms with van der Waals surface area (Å²) in [5.74, 6) is -0.456. The van der Waals surface area contributed by atoms with Crippen LogP contribution in [0.4, 0.5) is 10.1 Å². The first kappa shape index (κ1) is 15.3. The summed E-state index contributed by atoms with van der Waals surface area (Å²) in [6, 6.07) is 11.5. The van der Waals surface area contributed by atoms with Crippen LogP contribution in [-0.2, 0) is 11.2 Å². The average Bonchev–Trinajstić information content (AvgIpc) is 2.49. The molecule has 21 heavy (non-hydrogen) atoms. The van der Waals surface area contributed by atoms with Crippen LogP contribution in [0.2, 0.25) is 5.02 Å². The normalized spacial score (nSPS) is 10.2. The highest BCUT2D eigenvalue weighted by molar-refractivity contribution is 6.30. The highest BCUT2D eigenvalue weighted by atomic mass is 35.5. The van der Waals surface area contributed by atoms with Crippen LogP contribution in [0.15, 0.2) is 42.5 Å². The first-order valence-electron chi connectivity index (χ1n) is 6.55. The molecule has 0 aliphatic heterocycles. The number of nitrogens with one attached hydrogen (secondary N) is 1. The first-order valence-corrected chi connectivity index (χ1v) is 6.93. The van der Waals surface area contributed by atoms with Crippen LogP contribution in [-0.4, -0.2) is 12.5 Å². The molecule has 5 heteroatoms. The molecule has 1 N–H and O–H groups in total. The van der Waals surface area contributed by atoms with Crippen molar-refractivity contribution in [3.63, 3.8) is 0 Å². The summed E-state index contributed by atoms with van der Waals surface area (Å²) in [7, 11) is 0. The molecule has 110 valence electrons. The smallest absolute Gasteiger partial charge is 0.262 e. The minimum absolute atomic E-state index is 0.0377. The van der Waals surface area contributed by atoms with Crippen molar-refractivity contribution >= 4 is 23.2 Å². The second-order valence-electron chi connectivity index (χ2n) is 4.42. The van der Waals surface area contributed by atoms with Gasteiger partial charge in [-0.3, -0.25) is 4.79 Å². The largest absolute Gasteiger partial charge is 0.484 e. The van der Waals surface area contributed by atoms with E-state index in [0.717, 1.165) is 17.7 Å². The van der Waals surface area contributed by atoms with E-state index in [2.05, 4.69) is 5.32 Å². The van der Waals surface area contributed by atoms with Crippen molar-refractivity contribution in [2.24, 2.45) is 0 Å². The number of halogens is 2. The lowest BCUT2D eigenvalue weighted by molar-refractivity contribution is -0.118. The van der Waals surface area contributed by atoms with Crippen molar-refractivity contribution in [2.75, 3.05) is 11.9 Å². The van der Waals surface area contributed by atoms with Crippen molar-refractivity contribution < 1.29 is 13.9 Å². The van der Waals surface area contributed by atoms with Gasteiger partial charge >= 0.3 is 0 Å². The van der Waals surface area contributed by atoms with E-state index in [4.69, 9.17) is 16.3 Å². The monoisotopic (exact) mass is 307 g/mol. The third-order valence-corrected chi connectivity index (χ3v) is 3.22. The number of ether oxygens (including phenoxy) is 1. The summed E-state index contributed by atoms with van der Waals surface area (Å²) < 4.78 is 18.3. The maximum Gasteiger partial charge on any atom is 0.262 e. The number of carbonyl (C=O) groups excluding carboxylic acids is 1. The Morgan fingerprint density at radius 1 is 1.29 bits per heavy atom. The molecule has 0 saturated carbocycles. The maximum absolute atomic E-state index is 13.0. The second kappa shape index (κ2) is 7.09. The van der Waals surface area contributed by atoms with E-state index in [-0.39, 0.29) is 17.5 Å². The van der Waals surface area contributed by atoms with E-state index in [1.54, 1.807) is 0 Å². The van der Waals surface area contributed by atoms with Gasteiger partial charge in [-0.2, -0.15) is 0 Å². The van der Waals surface area contributed by atoms with Gasteiger partial charge in [0.15, 0.2) is 6.61 Å². The fraction of sp³-hybridized carbons (Fsp3) is 0.188. The summed E-state index contributed by atoms with van der Waals surface area (Å²) in [6.07, 6.45) is 0.824. The zero-order chi connectivity index (χ0) is 15.2. The molecular weight excluding hydrogens is 293 g/mol. The molecule has 0 radical (unpaired) electrons. The Labute approximate surface area is 127 Å². The summed E-state index contributed by atoms with van der Waals surface area (Å²) in [6.45, 7) is 1.85. The molecule has 0 heterocycles. The summed E-state index contributed by atoms with van der Waals surface area (Å²) in [4.78, 5) is 11.9. The quantitative estimate of drug-likeness (QED) is 0.904. The molecule has 2 rings (SSSR count). The number of rotatable bonds is 5. The molecule has 1 amide bonds. The number of anilines is 1. The lowest BCUT2D eigenvalue weighted by Crippen LogP contribution is -2.20. The summed E-state index contributed by atoms with van der Waals surface area (Å²) >= 11 is 5.64. The third kappa shape index (κ3) is 4.20. The highest BCUT2D eigenvalue weighted by Gasteiger charge is 2.07. The minimum atomic E-state index is -0.523. The van der Waals surface area contributed by atoms with Crippen molar-refractivity contribution in [2.45, 2.75) is 13.3 Å². The average molecular weight is 308 g/mol. The maximum atomic E-state index is 13.0. The summed E-state index contributed by atoms with van der Waals surface area (Å²) in [5.41, 5.74) is 1.82. The lowest BCUT2D eigenvalue weighted by atomic mass is 10.1. The Hall–Kier alpha value is -2.07. The fourth-order valence-electron chi connectivity index (χ4n) is 1.85. The zero-order valence-electron chi connectivity index (χ0n) is 11.5.